The maximum Gasteiger partial charge on any atom is 0.130 e. The van der Waals surface area contributed by atoms with Gasteiger partial charge in [-0.2, -0.15) is 0 Å². The number of hydrogen-bond donors (Lipinski definition) is 0. The Kier molecular flexibility index (Phi) is 7.48. The van der Waals surface area contributed by atoms with Crippen molar-refractivity contribution in [2.24, 2.45) is 0 Å². The highest BCUT2D eigenvalue weighted by Crippen LogP contribution is 2.35. The molecular weight excluding hydrogens is 400 g/mol. The molecule has 26 heavy (non-hydrogen) atoms. The van der Waals surface area contributed by atoms with E-state index in [1.165, 1.54) is 0 Å². The minimum Gasteiger partial charge on any atom is -0.448 e. The molecule has 1 nitrogen and oxygen atoms in total. The van der Waals surface area contributed by atoms with E-state index in [-0.39, 0.29) is 0 Å². The van der Waals surface area contributed by atoms with Crippen molar-refractivity contribution in [1.29, 1.82) is 0 Å². The summed E-state index contributed by atoms with van der Waals surface area (Å²) in [5.41, 5.74) is 0. The molecule has 1 aromatic rings. The minimum atomic E-state index is -1.45. The first-order valence-corrected chi connectivity index (χ1v) is 25.0. The summed E-state index contributed by atoms with van der Waals surface area (Å²) in [6, 6.07) is 10.6. The Morgan fingerprint density at radius 2 is 0.885 bits per heavy atom. The third-order valence-electron chi connectivity index (χ3n) is 4.19. The van der Waals surface area contributed by atoms with Gasteiger partial charge in [-0.25, -0.2) is 0 Å². The molecule has 0 atom stereocenters. The Hall–Kier alpha value is -0.0725. The number of benzene rings is 1. The molecule has 0 amide bonds. The zero-order valence-corrected chi connectivity index (χ0v) is 24.1. The zero-order valence-electron chi connectivity index (χ0n) is 19.2. The number of para-hydroxylation sites is 1. The highest BCUT2D eigenvalue weighted by Gasteiger charge is 2.39. The lowest BCUT2D eigenvalue weighted by molar-refractivity contribution is 0.640. The van der Waals surface area contributed by atoms with Crippen LogP contribution in [0.15, 0.2) is 30.3 Å². The molecule has 0 heterocycles. The number of rotatable bonds is 6. The maximum atomic E-state index is 6.97. The average molecular weight is 441 g/mol. The Balaban J connectivity index is 4.12. The number of hydrogen-bond acceptors (Lipinski definition) is 1. The molecule has 0 radical (unpaired) electrons. The van der Waals surface area contributed by atoms with Gasteiger partial charge in [0.2, 0.25) is 0 Å². The van der Waals surface area contributed by atoms with Crippen LogP contribution >= 0.6 is 7.40 Å². The van der Waals surface area contributed by atoms with Crippen molar-refractivity contribution >= 4 is 48.8 Å². The fraction of sp³-hybridized carbons (Fsp3) is 0.600. The lowest BCUT2D eigenvalue weighted by Gasteiger charge is -2.37. The quantitative estimate of drug-likeness (QED) is 0.332. The second kappa shape index (κ2) is 8.12. The van der Waals surface area contributed by atoms with Crippen LogP contribution < -0.4 is 4.52 Å². The van der Waals surface area contributed by atoms with Crippen LogP contribution in [0.4, 0.5) is 0 Å². The molecule has 0 aromatic heterocycles. The van der Waals surface area contributed by atoms with Gasteiger partial charge in [0.25, 0.3) is 0 Å². The Morgan fingerprint density at radius 3 is 1.15 bits per heavy atom. The average Bonchev–Trinajstić information content (AvgIpc) is 2.32. The van der Waals surface area contributed by atoms with E-state index in [1.807, 2.05) is 9.08 Å². The third-order valence-corrected chi connectivity index (χ3v) is 30.6. The van der Waals surface area contributed by atoms with Crippen LogP contribution in [0.25, 0.3) is 0 Å². The summed E-state index contributed by atoms with van der Waals surface area (Å²) in [7, 11) is -6.45. The van der Waals surface area contributed by atoms with E-state index in [0.29, 0.717) is 0 Å². The molecule has 6 heteroatoms. The summed E-state index contributed by atoms with van der Waals surface area (Å²) in [4.78, 5) is 0. The monoisotopic (exact) mass is 440 g/mol. The highest BCUT2D eigenvalue weighted by molar-refractivity contribution is 7.80. The molecule has 0 saturated heterocycles. The Labute approximate surface area is 167 Å². The summed E-state index contributed by atoms with van der Waals surface area (Å²) < 4.78 is 10.7. The van der Waals surface area contributed by atoms with Crippen LogP contribution in [0.2, 0.25) is 78.6 Å². The molecule has 1 rings (SSSR count). The van der Waals surface area contributed by atoms with Gasteiger partial charge >= 0.3 is 0 Å². The summed E-state index contributed by atoms with van der Waals surface area (Å²) in [5.74, 6) is 1.06. The zero-order chi connectivity index (χ0) is 20.6. The van der Waals surface area contributed by atoms with Crippen LogP contribution in [0.1, 0.15) is 0 Å². The van der Waals surface area contributed by atoms with Crippen LogP contribution in [0.5, 0.6) is 5.75 Å². The largest absolute Gasteiger partial charge is 0.448 e. The van der Waals surface area contributed by atoms with Crippen LogP contribution in [-0.2, 0) is 0 Å². The van der Waals surface area contributed by atoms with Gasteiger partial charge in [0.15, 0.2) is 0 Å². The SMILES string of the molecule is C[Si](C)(C)C(=P(Oc1ccccc1)=C([Si](C)(C)C)[Si](C)(C)C)[Si](C)(C)C. The first-order chi connectivity index (χ1) is 11.5. The molecule has 0 unspecified atom stereocenters. The summed E-state index contributed by atoms with van der Waals surface area (Å²) in [6.07, 6.45) is 0. The van der Waals surface area contributed by atoms with E-state index in [4.69, 9.17) is 4.52 Å². The van der Waals surface area contributed by atoms with Gasteiger partial charge in [0.1, 0.15) is 5.75 Å². The van der Waals surface area contributed by atoms with Gasteiger partial charge in [0.05, 0.1) is 32.3 Å². The smallest absolute Gasteiger partial charge is 0.130 e. The van der Waals surface area contributed by atoms with Crippen molar-refractivity contribution in [1.82, 2.24) is 0 Å². The van der Waals surface area contributed by atoms with Crippen molar-refractivity contribution in [3.05, 3.63) is 30.3 Å². The van der Waals surface area contributed by atoms with Gasteiger partial charge in [-0.1, -0.05) is 96.8 Å². The fourth-order valence-electron chi connectivity index (χ4n) is 4.26. The third kappa shape index (κ3) is 6.52. The van der Waals surface area contributed by atoms with Crippen LogP contribution in [0.3, 0.4) is 0 Å². The van der Waals surface area contributed by atoms with Crippen molar-refractivity contribution in [3.8, 4) is 5.75 Å². The lowest BCUT2D eigenvalue weighted by atomic mass is 10.3. The van der Waals surface area contributed by atoms with Gasteiger partial charge in [-0.15, -0.1) is 0 Å². The predicted octanol–water partition coefficient (Wildman–Crippen LogP) is 7.32. The van der Waals surface area contributed by atoms with Gasteiger partial charge < -0.3 is 4.52 Å². The van der Waals surface area contributed by atoms with E-state index in [0.717, 1.165) is 5.75 Å². The molecule has 0 bridgehead atoms. The van der Waals surface area contributed by atoms with Crippen LogP contribution in [0, 0.1) is 0 Å². The predicted molar refractivity (Wildman–Crippen MR) is 137 cm³/mol. The minimum absolute atomic E-state index is 0.636. The molecule has 1 aromatic carbocycles. The van der Waals surface area contributed by atoms with Crippen molar-refractivity contribution in [3.63, 3.8) is 0 Å². The highest BCUT2D eigenvalue weighted by atomic mass is 31.1. The first-order valence-electron chi connectivity index (χ1n) is 9.74. The molecule has 0 N–H and O–H groups in total. The van der Waals surface area contributed by atoms with Crippen molar-refractivity contribution in [2.75, 3.05) is 0 Å². The molecule has 0 aliphatic rings. The van der Waals surface area contributed by atoms with E-state index in [9.17, 15) is 0 Å². The first kappa shape index (κ1) is 24.0. The van der Waals surface area contributed by atoms with E-state index in [1.54, 1.807) is 0 Å². The molecule has 0 fully saturated rings. The molecule has 0 saturated carbocycles. The van der Waals surface area contributed by atoms with Crippen LogP contribution in [-0.4, -0.2) is 41.4 Å². The van der Waals surface area contributed by atoms with Gasteiger partial charge in [-0.3, -0.25) is 0 Å². The van der Waals surface area contributed by atoms with Crippen molar-refractivity contribution < 1.29 is 4.52 Å². The molecular formula is C20H41OPSi4. The Morgan fingerprint density at radius 1 is 0.577 bits per heavy atom. The van der Waals surface area contributed by atoms with Gasteiger partial charge in [0, 0.05) is 7.40 Å². The molecule has 0 spiro atoms. The van der Waals surface area contributed by atoms with E-state index < -0.39 is 39.7 Å². The summed E-state index contributed by atoms with van der Waals surface area (Å²) in [6.45, 7) is 30.5. The molecule has 148 valence electrons. The summed E-state index contributed by atoms with van der Waals surface area (Å²) in [5, 5.41) is 0. The maximum absolute atomic E-state index is 6.97. The fourth-order valence-corrected chi connectivity index (χ4v) is 36.0. The molecule has 0 aliphatic heterocycles. The Bertz CT molecular complexity index is 633. The molecule has 0 aliphatic carbocycles. The van der Waals surface area contributed by atoms with E-state index >= 15 is 0 Å². The summed E-state index contributed by atoms with van der Waals surface area (Å²) >= 11 is 0. The second-order valence-electron chi connectivity index (χ2n) is 11.4. The normalized spacial score (nSPS) is 13.4. The lowest BCUT2D eigenvalue weighted by Crippen LogP contribution is -2.53. The second-order valence-corrected chi connectivity index (χ2v) is 35.7. The topological polar surface area (TPSA) is 9.23 Å². The van der Waals surface area contributed by atoms with E-state index in [2.05, 4.69) is 109 Å². The van der Waals surface area contributed by atoms with Crippen molar-refractivity contribution in [2.45, 2.75) is 78.6 Å². The standard InChI is InChI=1S/C20H41OPSi4/c1-23(2,3)19(24(4,5)6)22(21-18-16-14-13-15-17-18)20(25(7,8)9)26(10,11)12/h13-17H,1-12H3. The van der Waals surface area contributed by atoms with Gasteiger partial charge in [-0.05, 0) is 21.2 Å².